The van der Waals surface area contributed by atoms with E-state index in [4.69, 9.17) is 16.3 Å². The number of aromatic nitrogens is 3. The van der Waals surface area contributed by atoms with Crippen molar-refractivity contribution in [2.45, 2.75) is 13.5 Å². The van der Waals surface area contributed by atoms with Crippen molar-refractivity contribution in [3.63, 3.8) is 0 Å². The first-order valence-electron chi connectivity index (χ1n) is 9.00. The monoisotopic (exact) mass is 401 g/mol. The number of nitrogens with zero attached hydrogens (tertiary/aromatic N) is 3. The van der Waals surface area contributed by atoms with E-state index in [2.05, 4.69) is 20.7 Å². The van der Waals surface area contributed by atoms with Crippen LogP contribution in [0.3, 0.4) is 0 Å². The molecule has 0 aliphatic carbocycles. The number of benzene rings is 2. The van der Waals surface area contributed by atoms with Gasteiger partial charge in [-0.2, -0.15) is 5.10 Å². The molecule has 1 aliphatic heterocycles. The number of hydrogen-bond acceptors (Lipinski definition) is 5. The maximum Gasteiger partial charge on any atom is 0.137 e. The number of ether oxygens (including phenoxy) is 1. The third-order valence-corrected chi connectivity index (χ3v) is 5.18. The zero-order valence-electron chi connectivity index (χ0n) is 15.5. The third-order valence-electron chi connectivity index (χ3n) is 4.87. The lowest BCUT2D eigenvalue weighted by Gasteiger charge is -2.41. The van der Waals surface area contributed by atoms with Gasteiger partial charge < -0.3 is 15.4 Å². The second kappa shape index (κ2) is 7.77. The van der Waals surface area contributed by atoms with Crippen LogP contribution in [0, 0.1) is 18.2 Å². The van der Waals surface area contributed by atoms with Crippen molar-refractivity contribution >= 4 is 28.7 Å². The molecular formula is C20H21ClFN5O. The van der Waals surface area contributed by atoms with Gasteiger partial charge in [-0.25, -0.2) is 9.37 Å². The second-order valence-corrected chi connectivity index (χ2v) is 7.63. The van der Waals surface area contributed by atoms with Gasteiger partial charge in [0.2, 0.25) is 0 Å². The van der Waals surface area contributed by atoms with E-state index in [0.717, 1.165) is 30.0 Å². The minimum atomic E-state index is -0.355. The van der Waals surface area contributed by atoms with Crippen LogP contribution < -0.4 is 10.6 Å². The van der Waals surface area contributed by atoms with Crippen molar-refractivity contribution < 1.29 is 9.13 Å². The van der Waals surface area contributed by atoms with Crippen LogP contribution in [0.25, 0.3) is 0 Å². The number of halogens is 2. The molecule has 0 saturated carbocycles. The van der Waals surface area contributed by atoms with E-state index in [0.29, 0.717) is 23.9 Å². The molecule has 1 fully saturated rings. The standard InChI is InChI=1S/C20H21ClFN5O/c1-14-6-16(26-19-4-2-15(22)7-17(19)21)3-5-18(14)24-8-20(10-28-11-20)9-27-13-23-12-25-27/h2-7,12-13,24,26H,8-11H2,1H3. The summed E-state index contributed by atoms with van der Waals surface area (Å²) in [4.78, 5) is 4.01. The van der Waals surface area contributed by atoms with Crippen molar-refractivity contribution in [3.8, 4) is 0 Å². The molecule has 1 aromatic heterocycles. The molecule has 1 aliphatic rings. The Kier molecular flexibility index (Phi) is 5.19. The fourth-order valence-corrected chi connectivity index (χ4v) is 3.48. The Hall–Kier alpha value is -2.64. The van der Waals surface area contributed by atoms with Crippen LogP contribution in [-0.4, -0.2) is 34.5 Å². The normalized spacial score (nSPS) is 15.1. The maximum atomic E-state index is 13.2. The zero-order chi connectivity index (χ0) is 19.6. The predicted molar refractivity (Wildman–Crippen MR) is 108 cm³/mol. The number of nitrogens with one attached hydrogen (secondary N) is 2. The van der Waals surface area contributed by atoms with Crippen LogP contribution in [0.1, 0.15) is 5.56 Å². The zero-order valence-corrected chi connectivity index (χ0v) is 16.2. The summed E-state index contributed by atoms with van der Waals surface area (Å²) in [5, 5.41) is 11.3. The van der Waals surface area contributed by atoms with Gasteiger partial charge in [0.25, 0.3) is 0 Å². The maximum absolute atomic E-state index is 13.2. The number of aryl methyl sites for hydroxylation is 1. The summed E-state index contributed by atoms with van der Waals surface area (Å²) in [6.45, 7) is 4.98. The van der Waals surface area contributed by atoms with E-state index in [-0.39, 0.29) is 11.2 Å². The van der Waals surface area contributed by atoms with Crippen molar-refractivity contribution in [2.24, 2.45) is 5.41 Å². The van der Waals surface area contributed by atoms with E-state index < -0.39 is 0 Å². The average molecular weight is 402 g/mol. The summed E-state index contributed by atoms with van der Waals surface area (Å²) in [6.07, 6.45) is 3.27. The molecule has 0 bridgehead atoms. The second-order valence-electron chi connectivity index (χ2n) is 7.22. The molecule has 3 aromatic rings. The van der Waals surface area contributed by atoms with E-state index in [1.54, 1.807) is 18.7 Å². The molecule has 2 N–H and O–H groups in total. The largest absolute Gasteiger partial charge is 0.384 e. The third kappa shape index (κ3) is 4.10. The lowest BCUT2D eigenvalue weighted by molar-refractivity contribution is -0.114. The van der Waals surface area contributed by atoms with Gasteiger partial charge in [0, 0.05) is 17.9 Å². The number of hydrogen-bond donors (Lipinski definition) is 2. The quantitative estimate of drug-likeness (QED) is 0.619. The molecule has 28 heavy (non-hydrogen) atoms. The topological polar surface area (TPSA) is 64.0 Å². The number of anilines is 3. The Morgan fingerprint density at radius 3 is 2.68 bits per heavy atom. The van der Waals surface area contributed by atoms with Crippen LogP contribution >= 0.6 is 11.6 Å². The van der Waals surface area contributed by atoms with Gasteiger partial charge in [-0.3, -0.25) is 4.68 Å². The highest BCUT2D eigenvalue weighted by Gasteiger charge is 2.39. The van der Waals surface area contributed by atoms with Crippen molar-refractivity contribution in [2.75, 3.05) is 30.4 Å². The fraction of sp³-hybridized carbons (Fsp3) is 0.300. The molecule has 8 heteroatoms. The molecule has 1 saturated heterocycles. The molecule has 6 nitrogen and oxygen atoms in total. The molecule has 146 valence electrons. The van der Waals surface area contributed by atoms with Crippen LogP contribution in [0.2, 0.25) is 5.02 Å². The van der Waals surface area contributed by atoms with E-state index in [1.165, 1.54) is 12.1 Å². The molecule has 4 rings (SSSR count). The van der Waals surface area contributed by atoms with Crippen LogP contribution in [-0.2, 0) is 11.3 Å². The molecule has 0 atom stereocenters. The molecule has 0 unspecified atom stereocenters. The Bertz CT molecular complexity index is 959. The summed E-state index contributed by atoms with van der Waals surface area (Å²) in [6, 6.07) is 10.3. The molecule has 2 aromatic carbocycles. The fourth-order valence-electron chi connectivity index (χ4n) is 3.27. The van der Waals surface area contributed by atoms with Gasteiger partial charge in [0.15, 0.2) is 0 Å². The molecule has 0 radical (unpaired) electrons. The van der Waals surface area contributed by atoms with E-state index >= 15 is 0 Å². The van der Waals surface area contributed by atoms with Gasteiger partial charge >= 0.3 is 0 Å². The van der Waals surface area contributed by atoms with E-state index in [9.17, 15) is 4.39 Å². The number of rotatable bonds is 7. The molecule has 2 heterocycles. The summed E-state index contributed by atoms with van der Waals surface area (Å²) in [5.41, 5.74) is 3.72. The first kappa shape index (κ1) is 18.7. The summed E-state index contributed by atoms with van der Waals surface area (Å²) in [5.74, 6) is -0.355. The predicted octanol–water partition coefficient (Wildman–Crippen LogP) is 4.25. The van der Waals surface area contributed by atoms with Gasteiger partial charge in [-0.15, -0.1) is 0 Å². The first-order chi connectivity index (χ1) is 13.5. The summed E-state index contributed by atoms with van der Waals surface area (Å²) >= 11 is 6.09. The summed E-state index contributed by atoms with van der Waals surface area (Å²) in [7, 11) is 0. The summed E-state index contributed by atoms with van der Waals surface area (Å²) < 4.78 is 20.5. The average Bonchev–Trinajstić information content (AvgIpc) is 3.14. The highest BCUT2D eigenvalue weighted by Crippen LogP contribution is 2.32. The minimum Gasteiger partial charge on any atom is -0.384 e. The van der Waals surface area contributed by atoms with Crippen LogP contribution in [0.5, 0.6) is 0 Å². The molecule has 0 spiro atoms. The Balaban J connectivity index is 1.41. The molecule has 0 amide bonds. The highest BCUT2D eigenvalue weighted by molar-refractivity contribution is 6.33. The SMILES string of the molecule is Cc1cc(Nc2ccc(F)cc2Cl)ccc1NCC1(Cn2cncn2)COC1. The van der Waals surface area contributed by atoms with Crippen LogP contribution in [0.4, 0.5) is 21.5 Å². The van der Waals surface area contributed by atoms with Crippen molar-refractivity contribution in [1.29, 1.82) is 0 Å². The smallest absolute Gasteiger partial charge is 0.137 e. The lowest BCUT2D eigenvalue weighted by Crippen LogP contribution is -2.50. The van der Waals surface area contributed by atoms with Gasteiger partial charge in [-0.1, -0.05) is 11.6 Å². The Morgan fingerprint density at radius 2 is 2.04 bits per heavy atom. The van der Waals surface area contributed by atoms with Gasteiger partial charge in [-0.05, 0) is 48.9 Å². The van der Waals surface area contributed by atoms with Crippen molar-refractivity contribution in [1.82, 2.24) is 14.8 Å². The van der Waals surface area contributed by atoms with E-state index in [1.807, 2.05) is 29.8 Å². The minimum absolute atomic E-state index is 0.0126. The Morgan fingerprint density at radius 1 is 1.21 bits per heavy atom. The molecular weight excluding hydrogens is 381 g/mol. The lowest BCUT2D eigenvalue weighted by atomic mass is 9.85. The first-order valence-corrected chi connectivity index (χ1v) is 9.38. The van der Waals surface area contributed by atoms with Gasteiger partial charge in [0.05, 0.1) is 35.9 Å². The Labute approximate surface area is 167 Å². The van der Waals surface area contributed by atoms with Gasteiger partial charge in [0.1, 0.15) is 18.5 Å². The highest BCUT2D eigenvalue weighted by atomic mass is 35.5. The van der Waals surface area contributed by atoms with Crippen molar-refractivity contribution in [3.05, 3.63) is 65.5 Å². The van der Waals surface area contributed by atoms with Crippen LogP contribution in [0.15, 0.2) is 49.1 Å².